The van der Waals surface area contributed by atoms with Gasteiger partial charge >= 0.3 is 0 Å². The number of morpholine rings is 1. The monoisotopic (exact) mass is 465 g/mol. The van der Waals surface area contributed by atoms with Gasteiger partial charge in [0.15, 0.2) is 5.65 Å². The number of benzene rings is 1. The molecular weight excluding hydrogens is 438 g/mol. The average Bonchev–Trinajstić information content (AvgIpc) is 3.34. The maximum absolute atomic E-state index is 6.13. The van der Waals surface area contributed by atoms with E-state index < -0.39 is 0 Å². The van der Waals surface area contributed by atoms with Crippen molar-refractivity contribution in [1.29, 1.82) is 0 Å². The van der Waals surface area contributed by atoms with E-state index in [1.165, 1.54) is 0 Å². The van der Waals surface area contributed by atoms with Gasteiger partial charge in [0.05, 0.1) is 30.2 Å². The second-order valence-electron chi connectivity index (χ2n) is 8.03. The van der Waals surface area contributed by atoms with Crippen molar-refractivity contribution in [3.05, 3.63) is 97.4 Å². The Morgan fingerprint density at radius 1 is 1.09 bits per heavy atom. The number of ether oxygens (including phenoxy) is 2. The van der Waals surface area contributed by atoms with Crippen LogP contribution < -0.4 is 9.64 Å². The van der Waals surface area contributed by atoms with Crippen LogP contribution in [0.2, 0.25) is 0 Å². The van der Waals surface area contributed by atoms with Crippen molar-refractivity contribution in [3.8, 4) is 22.9 Å². The molecule has 0 saturated carbocycles. The molecule has 7 nitrogen and oxygen atoms in total. The number of fused-ring (bicyclic) bond motifs is 1. The number of anilines is 1. The third kappa shape index (κ3) is 4.85. The molecule has 0 radical (unpaired) electrons. The van der Waals surface area contributed by atoms with Gasteiger partial charge in [-0.3, -0.25) is 0 Å². The van der Waals surface area contributed by atoms with Crippen LogP contribution in [0.1, 0.15) is 12.6 Å². The summed E-state index contributed by atoms with van der Waals surface area (Å²) in [7, 11) is 0. The first-order valence-electron chi connectivity index (χ1n) is 11.6. The zero-order chi connectivity index (χ0) is 24.0. The summed E-state index contributed by atoms with van der Waals surface area (Å²) in [6, 6.07) is 17.6. The second-order valence-corrected chi connectivity index (χ2v) is 8.03. The minimum Gasteiger partial charge on any atom is -0.438 e. The standard InChI is InChI=1S/C28H27N5O2/c1-3-9-21(10-4-2)24-19-26-30-25(20-27(33(26)31-24)32-15-17-34-18-16-32)23-13-8-14-29-28(23)35-22-11-6-5-7-12-22/h3-14,19-20H,1,15-18H2,2H3/b10-4-,21-9+. The molecule has 1 aliphatic heterocycles. The fourth-order valence-electron chi connectivity index (χ4n) is 4.06. The summed E-state index contributed by atoms with van der Waals surface area (Å²) in [6.45, 7) is 8.72. The van der Waals surface area contributed by atoms with Crippen LogP contribution in [0.15, 0.2) is 91.7 Å². The van der Waals surface area contributed by atoms with Gasteiger partial charge in [0.2, 0.25) is 5.88 Å². The Balaban J connectivity index is 1.66. The normalized spacial score (nSPS) is 14.5. The van der Waals surface area contributed by atoms with E-state index >= 15 is 0 Å². The first-order chi connectivity index (χ1) is 17.3. The van der Waals surface area contributed by atoms with Gasteiger partial charge in [-0.05, 0) is 31.2 Å². The number of hydrogen-bond acceptors (Lipinski definition) is 6. The van der Waals surface area contributed by atoms with E-state index in [1.54, 1.807) is 12.3 Å². The van der Waals surface area contributed by atoms with Crippen molar-refractivity contribution in [3.63, 3.8) is 0 Å². The van der Waals surface area contributed by atoms with E-state index in [0.717, 1.165) is 52.8 Å². The maximum atomic E-state index is 6.13. The van der Waals surface area contributed by atoms with Crippen LogP contribution in [-0.2, 0) is 4.74 Å². The smallest absolute Gasteiger partial charge is 0.228 e. The number of para-hydroxylation sites is 1. The van der Waals surface area contributed by atoms with E-state index in [1.807, 2.05) is 78.2 Å². The highest BCUT2D eigenvalue weighted by molar-refractivity contribution is 5.77. The molecule has 176 valence electrons. The molecule has 1 fully saturated rings. The molecule has 4 heterocycles. The van der Waals surface area contributed by atoms with Crippen molar-refractivity contribution in [1.82, 2.24) is 19.6 Å². The number of rotatable bonds is 7. The molecule has 0 N–H and O–H groups in total. The number of pyridine rings is 1. The molecule has 1 aromatic carbocycles. The highest BCUT2D eigenvalue weighted by atomic mass is 16.5. The van der Waals surface area contributed by atoms with Gasteiger partial charge in [-0.2, -0.15) is 9.61 Å². The summed E-state index contributed by atoms with van der Waals surface area (Å²) in [5, 5.41) is 4.91. The number of allylic oxidation sites excluding steroid dienone is 5. The third-order valence-electron chi connectivity index (χ3n) is 5.69. The zero-order valence-electron chi connectivity index (χ0n) is 19.7. The minimum atomic E-state index is 0.504. The van der Waals surface area contributed by atoms with Crippen molar-refractivity contribution in [2.24, 2.45) is 0 Å². The molecule has 1 aliphatic rings. The lowest BCUT2D eigenvalue weighted by atomic mass is 10.1. The fraction of sp³-hybridized carbons (Fsp3) is 0.179. The Morgan fingerprint density at radius 2 is 1.91 bits per heavy atom. The molecule has 0 amide bonds. The molecule has 7 heteroatoms. The van der Waals surface area contributed by atoms with Crippen LogP contribution >= 0.6 is 0 Å². The maximum Gasteiger partial charge on any atom is 0.228 e. The van der Waals surface area contributed by atoms with E-state index in [0.29, 0.717) is 19.1 Å². The molecule has 0 spiro atoms. The molecule has 0 atom stereocenters. The SMILES string of the molecule is C=C/C=C(\C=C/C)c1cc2nc(-c3cccnc3Oc3ccccc3)cc(N3CCOCC3)n2n1. The lowest BCUT2D eigenvalue weighted by molar-refractivity contribution is 0.122. The van der Waals surface area contributed by atoms with Crippen LogP contribution in [0.3, 0.4) is 0 Å². The Labute approximate surface area is 204 Å². The Kier molecular flexibility index (Phi) is 6.68. The van der Waals surface area contributed by atoms with Crippen molar-refractivity contribution in [2.45, 2.75) is 6.92 Å². The highest BCUT2D eigenvalue weighted by Gasteiger charge is 2.20. The molecule has 0 bridgehead atoms. The van der Waals surface area contributed by atoms with Crippen molar-refractivity contribution in [2.75, 3.05) is 31.2 Å². The second kappa shape index (κ2) is 10.4. The summed E-state index contributed by atoms with van der Waals surface area (Å²) < 4.78 is 13.6. The summed E-state index contributed by atoms with van der Waals surface area (Å²) in [5.74, 6) is 2.18. The highest BCUT2D eigenvalue weighted by Crippen LogP contribution is 2.33. The lowest BCUT2D eigenvalue weighted by Crippen LogP contribution is -2.37. The molecule has 1 saturated heterocycles. The van der Waals surface area contributed by atoms with Gasteiger partial charge < -0.3 is 14.4 Å². The molecule has 4 aromatic rings. The number of hydrogen-bond donors (Lipinski definition) is 0. The van der Waals surface area contributed by atoms with Gasteiger partial charge in [-0.15, -0.1) is 0 Å². The largest absolute Gasteiger partial charge is 0.438 e. The Hall–Kier alpha value is -4.23. The molecular formula is C28H27N5O2. The Morgan fingerprint density at radius 3 is 2.69 bits per heavy atom. The summed E-state index contributed by atoms with van der Waals surface area (Å²) in [4.78, 5) is 11.8. The quantitative estimate of drug-likeness (QED) is 0.333. The van der Waals surface area contributed by atoms with Crippen LogP contribution in [0, 0.1) is 0 Å². The summed E-state index contributed by atoms with van der Waals surface area (Å²) >= 11 is 0. The van der Waals surface area contributed by atoms with Gasteiger partial charge in [0.25, 0.3) is 0 Å². The lowest BCUT2D eigenvalue weighted by Gasteiger charge is -2.29. The first-order valence-corrected chi connectivity index (χ1v) is 11.6. The van der Waals surface area contributed by atoms with E-state index in [2.05, 4.69) is 22.5 Å². The van der Waals surface area contributed by atoms with Crippen LogP contribution in [0.4, 0.5) is 5.82 Å². The molecule has 5 rings (SSSR count). The van der Waals surface area contributed by atoms with Gasteiger partial charge in [-0.25, -0.2) is 9.97 Å². The zero-order valence-corrected chi connectivity index (χ0v) is 19.7. The average molecular weight is 466 g/mol. The van der Waals surface area contributed by atoms with Gasteiger partial charge in [0, 0.05) is 37.0 Å². The van der Waals surface area contributed by atoms with Crippen LogP contribution in [0.25, 0.3) is 22.5 Å². The number of aromatic nitrogens is 4. The molecule has 35 heavy (non-hydrogen) atoms. The Bertz CT molecular complexity index is 1390. The van der Waals surface area contributed by atoms with Crippen LogP contribution in [0.5, 0.6) is 11.6 Å². The van der Waals surface area contributed by atoms with E-state index in [4.69, 9.17) is 19.6 Å². The molecule has 0 unspecified atom stereocenters. The van der Waals surface area contributed by atoms with Crippen LogP contribution in [-0.4, -0.2) is 45.9 Å². The summed E-state index contributed by atoms with van der Waals surface area (Å²) in [5.41, 5.74) is 4.12. The fourth-order valence-corrected chi connectivity index (χ4v) is 4.06. The topological polar surface area (TPSA) is 64.8 Å². The van der Waals surface area contributed by atoms with Crippen molar-refractivity contribution >= 4 is 17.0 Å². The minimum absolute atomic E-state index is 0.504. The third-order valence-corrected chi connectivity index (χ3v) is 5.69. The molecule has 3 aromatic heterocycles. The van der Waals surface area contributed by atoms with E-state index in [9.17, 15) is 0 Å². The van der Waals surface area contributed by atoms with Gasteiger partial charge in [-0.1, -0.05) is 49.1 Å². The predicted molar refractivity (Wildman–Crippen MR) is 139 cm³/mol. The first kappa shape index (κ1) is 22.6. The molecule has 0 aliphatic carbocycles. The number of nitrogens with zero attached hydrogens (tertiary/aromatic N) is 5. The predicted octanol–water partition coefficient (Wildman–Crippen LogP) is 5.57. The van der Waals surface area contributed by atoms with Gasteiger partial charge in [0.1, 0.15) is 11.6 Å². The summed E-state index contributed by atoms with van der Waals surface area (Å²) in [6.07, 6.45) is 9.45. The van der Waals surface area contributed by atoms with E-state index in [-0.39, 0.29) is 0 Å². The van der Waals surface area contributed by atoms with Crippen molar-refractivity contribution < 1.29 is 9.47 Å².